The Morgan fingerprint density at radius 3 is 3.12 bits per heavy atom. The molecule has 0 aliphatic carbocycles. The number of nitrogens with zero attached hydrogens (tertiary/aromatic N) is 2. The zero-order valence-electron chi connectivity index (χ0n) is 9.06. The molecule has 0 saturated carbocycles. The SMILES string of the molecule is CNc1cncc(C(=O)NC2CCSC2)n1. The van der Waals surface area contributed by atoms with Gasteiger partial charge in [-0.1, -0.05) is 0 Å². The van der Waals surface area contributed by atoms with E-state index in [-0.39, 0.29) is 11.9 Å². The molecule has 16 heavy (non-hydrogen) atoms. The van der Waals surface area contributed by atoms with Crippen LogP contribution in [0.4, 0.5) is 5.82 Å². The third-order valence-corrected chi connectivity index (χ3v) is 3.55. The number of hydrogen-bond donors (Lipinski definition) is 2. The molecule has 1 fully saturated rings. The van der Waals surface area contributed by atoms with Gasteiger partial charge < -0.3 is 10.6 Å². The van der Waals surface area contributed by atoms with E-state index < -0.39 is 0 Å². The molecule has 1 amide bonds. The fraction of sp³-hybridized carbons (Fsp3) is 0.500. The van der Waals surface area contributed by atoms with Gasteiger partial charge in [0.05, 0.1) is 12.4 Å². The monoisotopic (exact) mass is 238 g/mol. The Morgan fingerprint density at radius 1 is 1.56 bits per heavy atom. The van der Waals surface area contributed by atoms with Crippen molar-refractivity contribution in [1.29, 1.82) is 0 Å². The largest absolute Gasteiger partial charge is 0.372 e. The number of aromatic nitrogens is 2. The average Bonchev–Trinajstić information content (AvgIpc) is 2.82. The van der Waals surface area contributed by atoms with Gasteiger partial charge in [0.2, 0.25) is 0 Å². The maximum Gasteiger partial charge on any atom is 0.271 e. The molecule has 0 bridgehead atoms. The number of anilines is 1. The van der Waals surface area contributed by atoms with E-state index in [1.54, 1.807) is 13.2 Å². The second kappa shape index (κ2) is 5.16. The van der Waals surface area contributed by atoms with Gasteiger partial charge in [0, 0.05) is 18.8 Å². The molecule has 1 aliphatic heterocycles. The summed E-state index contributed by atoms with van der Waals surface area (Å²) in [4.78, 5) is 19.9. The molecule has 2 rings (SSSR count). The van der Waals surface area contributed by atoms with Crippen LogP contribution in [0.2, 0.25) is 0 Å². The summed E-state index contributed by atoms with van der Waals surface area (Å²) < 4.78 is 0. The van der Waals surface area contributed by atoms with Crippen LogP contribution in [0.15, 0.2) is 12.4 Å². The Bertz CT molecular complexity index is 379. The molecule has 2 N–H and O–H groups in total. The number of thioether (sulfide) groups is 1. The summed E-state index contributed by atoms with van der Waals surface area (Å²) in [5.41, 5.74) is 0.365. The lowest BCUT2D eigenvalue weighted by Gasteiger charge is -2.10. The van der Waals surface area contributed by atoms with Gasteiger partial charge in [-0.25, -0.2) is 4.98 Å². The van der Waals surface area contributed by atoms with E-state index >= 15 is 0 Å². The molecular weight excluding hydrogens is 224 g/mol. The van der Waals surface area contributed by atoms with Crippen LogP contribution in [0.25, 0.3) is 0 Å². The molecular formula is C10H14N4OS. The van der Waals surface area contributed by atoms with E-state index in [1.165, 1.54) is 6.20 Å². The number of hydrogen-bond acceptors (Lipinski definition) is 5. The lowest BCUT2D eigenvalue weighted by atomic mass is 10.2. The second-order valence-electron chi connectivity index (χ2n) is 3.57. The van der Waals surface area contributed by atoms with Gasteiger partial charge >= 0.3 is 0 Å². The van der Waals surface area contributed by atoms with E-state index in [2.05, 4.69) is 20.6 Å². The highest BCUT2D eigenvalue weighted by Gasteiger charge is 2.19. The first-order valence-corrected chi connectivity index (χ1v) is 6.33. The first-order valence-electron chi connectivity index (χ1n) is 5.18. The van der Waals surface area contributed by atoms with Gasteiger partial charge in [0.15, 0.2) is 0 Å². The maximum atomic E-state index is 11.8. The lowest BCUT2D eigenvalue weighted by Crippen LogP contribution is -2.35. The number of carbonyl (C=O) groups is 1. The normalized spacial score (nSPS) is 19.4. The zero-order valence-corrected chi connectivity index (χ0v) is 9.88. The van der Waals surface area contributed by atoms with Gasteiger partial charge in [0.1, 0.15) is 11.5 Å². The molecule has 5 nitrogen and oxygen atoms in total. The van der Waals surface area contributed by atoms with E-state index in [9.17, 15) is 4.79 Å². The quantitative estimate of drug-likeness (QED) is 0.813. The van der Waals surface area contributed by atoms with Crippen molar-refractivity contribution in [2.45, 2.75) is 12.5 Å². The standard InChI is InChI=1S/C10H14N4OS/c1-11-9-5-12-4-8(14-9)10(15)13-7-2-3-16-6-7/h4-5,7H,2-3,6H2,1H3,(H,11,14)(H,13,15). The molecule has 86 valence electrons. The first kappa shape index (κ1) is 11.2. The van der Waals surface area contributed by atoms with Crippen molar-refractivity contribution in [3.63, 3.8) is 0 Å². The minimum absolute atomic E-state index is 0.142. The molecule has 0 aromatic carbocycles. The second-order valence-corrected chi connectivity index (χ2v) is 4.72. The number of carbonyl (C=O) groups excluding carboxylic acids is 1. The van der Waals surface area contributed by atoms with Gasteiger partial charge in [0.25, 0.3) is 5.91 Å². The van der Waals surface area contributed by atoms with Crippen molar-refractivity contribution in [2.75, 3.05) is 23.9 Å². The number of rotatable bonds is 3. The molecule has 1 aromatic heterocycles. The minimum atomic E-state index is -0.142. The van der Waals surface area contributed by atoms with Crippen molar-refractivity contribution in [1.82, 2.24) is 15.3 Å². The van der Waals surface area contributed by atoms with Crippen LogP contribution in [-0.2, 0) is 0 Å². The molecule has 1 atom stereocenters. The van der Waals surface area contributed by atoms with Gasteiger partial charge in [-0.2, -0.15) is 11.8 Å². The smallest absolute Gasteiger partial charge is 0.271 e. The molecule has 2 heterocycles. The van der Waals surface area contributed by atoms with Crippen molar-refractivity contribution in [2.24, 2.45) is 0 Å². The molecule has 0 spiro atoms. The topological polar surface area (TPSA) is 66.9 Å². The van der Waals surface area contributed by atoms with Crippen LogP contribution in [0.3, 0.4) is 0 Å². The highest BCUT2D eigenvalue weighted by atomic mass is 32.2. The van der Waals surface area contributed by atoms with Crippen LogP contribution < -0.4 is 10.6 Å². The average molecular weight is 238 g/mol. The van der Waals surface area contributed by atoms with E-state index in [4.69, 9.17) is 0 Å². The summed E-state index contributed by atoms with van der Waals surface area (Å²) in [6.07, 6.45) is 4.11. The number of nitrogens with one attached hydrogen (secondary N) is 2. The van der Waals surface area contributed by atoms with Crippen molar-refractivity contribution >= 4 is 23.5 Å². The molecule has 1 saturated heterocycles. The van der Waals surface area contributed by atoms with Gasteiger partial charge in [-0.3, -0.25) is 9.78 Å². The van der Waals surface area contributed by atoms with E-state index in [1.807, 2.05) is 11.8 Å². The summed E-state index contributed by atoms with van der Waals surface area (Å²) in [6.45, 7) is 0. The van der Waals surface area contributed by atoms with Crippen LogP contribution >= 0.6 is 11.8 Å². The molecule has 6 heteroatoms. The lowest BCUT2D eigenvalue weighted by molar-refractivity contribution is 0.0936. The summed E-state index contributed by atoms with van der Waals surface area (Å²) in [6, 6.07) is 0.276. The van der Waals surface area contributed by atoms with Crippen molar-refractivity contribution in [3.8, 4) is 0 Å². The van der Waals surface area contributed by atoms with Crippen LogP contribution in [0, 0.1) is 0 Å². The summed E-state index contributed by atoms with van der Waals surface area (Å²) in [5, 5.41) is 5.81. The van der Waals surface area contributed by atoms with Crippen molar-refractivity contribution < 1.29 is 4.79 Å². The Kier molecular flexibility index (Phi) is 3.61. The predicted octanol–water partition coefficient (Wildman–Crippen LogP) is 0.754. The zero-order chi connectivity index (χ0) is 11.4. The predicted molar refractivity (Wildman–Crippen MR) is 64.8 cm³/mol. The van der Waals surface area contributed by atoms with Gasteiger partial charge in [-0.15, -0.1) is 0 Å². The maximum absolute atomic E-state index is 11.8. The molecule has 1 aromatic rings. The fourth-order valence-electron chi connectivity index (χ4n) is 1.50. The Morgan fingerprint density at radius 2 is 2.44 bits per heavy atom. The minimum Gasteiger partial charge on any atom is -0.372 e. The Hall–Kier alpha value is -1.30. The summed E-state index contributed by atoms with van der Waals surface area (Å²) in [7, 11) is 1.75. The number of amides is 1. The molecule has 0 radical (unpaired) electrons. The third-order valence-electron chi connectivity index (χ3n) is 2.39. The highest BCUT2D eigenvalue weighted by molar-refractivity contribution is 7.99. The van der Waals surface area contributed by atoms with Crippen LogP contribution in [-0.4, -0.2) is 40.5 Å². The van der Waals surface area contributed by atoms with E-state index in [0.29, 0.717) is 11.5 Å². The Balaban J connectivity index is 2.01. The van der Waals surface area contributed by atoms with Crippen LogP contribution in [0.1, 0.15) is 16.9 Å². The molecule has 1 aliphatic rings. The Labute approximate surface area is 98.4 Å². The fourth-order valence-corrected chi connectivity index (χ4v) is 2.66. The summed E-state index contributed by atoms with van der Waals surface area (Å²) >= 11 is 1.86. The first-order chi connectivity index (χ1) is 7.79. The third kappa shape index (κ3) is 2.63. The van der Waals surface area contributed by atoms with Crippen LogP contribution in [0.5, 0.6) is 0 Å². The van der Waals surface area contributed by atoms with E-state index in [0.717, 1.165) is 17.9 Å². The van der Waals surface area contributed by atoms with Gasteiger partial charge in [-0.05, 0) is 12.2 Å². The molecule has 1 unspecified atom stereocenters. The highest BCUT2D eigenvalue weighted by Crippen LogP contribution is 2.17. The van der Waals surface area contributed by atoms with Crippen molar-refractivity contribution in [3.05, 3.63) is 18.1 Å². The summed E-state index contributed by atoms with van der Waals surface area (Å²) in [5.74, 6) is 2.57.